The van der Waals surface area contributed by atoms with Crippen LogP contribution in [-0.4, -0.2) is 40.1 Å². The summed E-state index contributed by atoms with van der Waals surface area (Å²) in [7, 11) is 1.66. The van der Waals surface area contributed by atoms with Gasteiger partial charge in [-0.05, 0) is 62.4 Å². The second kappa shape index (κ2) is 10.7. The smallest absolute Gasteiger partial charge is 0.225 e. The van der Waals surface area contributed by atoms with Crippen LogP contribution in [0.3, 0.4) is 0 Å². The molecule has 0 saturated carbocycles. The molecule has 0 aliphatic heterocycles. The molecule has 1 N–H and O–H groups in total. The summed E-state index contributed by atoms with van der Waals surface area (Å²) in [4.78, 5) is 18.5. The topological polar surface area (TPSA) is 78.3 Å². The molecule has 0 radical (unpaired) electrons. The van der Waals surface area contributed by atoms with Gasteiger partial charge in [0.25, 0.3) is 0 Å². The predicted molar refractivity (Wildman–Crippen MR) is 134 cm³/mol. The van der Waals surface area contributed by atoms with Gasteiger partial charge >= 0.3 is 0 Å². The van der Waals surface area contributed by atoms with E-state index in [1.807, 2.05) is 62.4 Å². The predicted octanol–water partition coefficient (Wildman–Crippen LogP) is 5.71. The van der Waals surface area contributed by atoms with Crippen molar-refractivity contribution in [3.63, 3.8) is 0 Å². The Bertz CT molecular complexity index is 1230. The highest BCUT2D eigenvalue weighted by Crippen LogP contribution is 2.32. The van der Waals surface area contributed by atoms with E-state index >= 15 is 0 Å². The lowest BCUT2D eigenvalue weighted by Gasteiger charge is -2.07. The van der Waals surface area contributed by atoms with Crippen LogP contribution in [0.1, 0.15) is 25.5 Å². The maximum absolute atomic E-state index is 12.6. The molecule has 2 aromatic heterocycles. The third-order valence-corrected chi connectivity index (χ3v) is 6.92. The van der Waals surface area contributed by atoms with Crippen molar-refractivity contribution in [2.75, 3.05) is 24.8 Å². The van der Waals surface area contributed by atoms with Crippen molar-refractivity contribution in [3.8, 4) is 16.6 Å². The van der Waals surface area contributed by atoms with Gasteiger partial charge < -0.3 is 14.8 Å². The molecule has 0 bridgehead atoms. The van der Waals surface area contributed by atoms with E-state index in [1.54, 1.807) is 23.6 Å². The van der Waals surface area contributed by atoms with Gasteiger partial charge in [-0.1, -0.05) is 17.4 Å². The van der Waals surface area contributed by atoms with E-state index in [2.05, 4.69) is 10.4 Å². The second-order valence-electron chi connectivity index (χ2n) is 7.29. The summed E-state index contributed by atoms with van der Waals surface area (Å²) in [5, 5.41) is 8.24. The maximum Gasteiger partial charge on any atom is 0.225 e. The number of thiazole rings is 1. The van der Waals surface area contributed by atoms with Gasteiger partial charge in [0.1, 0.15) is 22.8 Å². The molecule has 33 heavy (non-hydrogen) atoms. The third kappa shape index (κ3) is 5.66. The number of hydrogen-bond acceptors (Lipinski definition) is 7. The summed E-state index contributed by atoms with van der Waals surface area (Å²) in [6.07, 6.45) is 1.20. The van der Waals surface area contributed by atoms with Crippen LogP contribution in [0, 0.1) is 6.92 Å². The number of hydrogen-bond donors (Lipinski definition) is 1. The van der Waals surface area contributed by atoms with Gasteiger partial charge in [-0.25, -0.2) is 4.98 Å². The first kappa shape index (κ1) is 23.1. The normalized spacial score (nSPS) is 11.0. The van der Waals surface area contributed by atoms with Crippen LogP contribution < -0.4 is 14.8 Å². The van der Waals surface area contributed by atoms with Gasteiger partial charge in [0.15, 0.2) is 0 Å². The number of anilines is 1. The molecule has 2 heterocycles. The molecule has 4 aromatic rings. The number of benzene rings is 2. The Hall–Kier alpha value is -3.04. The number of fused-ring (bicyclic) bond motifs is 1. The van der Waals surface area contributed by atoms with Gasteiger partial charge in [0.2, 0.25) is 11.0 Å². The molecule has 9 heteroatoms. The molecule has 0 fully saturated rings. The number of aryl methyl sites for hydroxylation is 1. The lowest BCUT2D eigenvalue weighted by molar-refractivity contribution is -0.116. The Kier molecular flexibility index (Phi) is 7.51. The van der Waals surface area contributed by atoms with Crippen molar-refractivity contribution >= 4 is 45.0 Å². The fraction of sp³-hybridized carbons (Fsp3) is 0.292. The van der Waals surface area contributed by atoms with Crippen molar-refractivity contribution in [1.82, 2.24) is 14.8 Å². The highest BCUT2D eigenvalue weighted by Gasteiger charge is 2.16. The molecule has 0 unspecified atom stereocenters. The van der Waals surface area contributed by atoms with Crippen molar-refractivity contribution in [3.05, 3.63) is 54.2 Å². The van der Waals surface area contributed by atoms with Crippen molar-refractivity contribution in [2.24, 2.45) is 0 Å². The van der Waals surface area contributed by atoms with Gasteiger partial charge in [-0.3, -0.25) is 4.79 Å². The number of rotatable bonds is 10. The number of carbonyl (C=O) groups is 1. The van der Waals surface area contributed by atoms with E-state index < -0.39 is 0 Å². The summed E-state index contributed by atoms with van der Waals surface area (Å²) in [6, 6.07) is 15.7. The van der Waals surface area contributed by atoms with Crippen LogP contribution in [0.25, 0.3) is 15.3 Å². The van der Waals surface area contributed by atoms with E-state index in [0.717, 1.165) is 44.5 Å². The highest BCUT2D eigenvalue weighted by atomic mass is 32.2. The number of amides is 1. The van der Waals surface area contributed by atoms with Gasteiger partial charge in [0, 0.05) is 17.4 Å². The average molecular weight is 483 g/mol. The van der Waals surface area contributed by atoms with E-state index in [1.165, 1.54) is 11.3 Å². The maximum atomic E-state index is 12.6. The van der Waals surface area contributed by atoms with Crippen LogP contribution in [0.15, 0.2) is 53.4 Å². The van der Waals surface area contributed by atoms with Gasteiger partial charge in [0.05, 0.1) is 24.1 Å². The van der Waals surface area contributed by atoms with Crippen LogP contribution in [0.5, 0.6) is 11.5 Å². The number of thioether (sulfide) groups is 1. The minimum Gasteiger partial charge on any atom is -0.497 e. The first-order valence-corrected chi connectivity index (χ1v) is 12.5. The zero-order chi connectivity index (χ0) is 23.2. The summed E-state index contributed by atoms with van der Waals surface area (Å²) in [5.74, 6) is 3.03. The van der Waals surface area contributed by atoms with Gasteiger partial charge in [-0.15, -0.1) is 11.8 Å². The third-order valence-electron chi connectivity index (χ3n) is 4.83. The van der Waals surface area contributed by atoms with Crippen LogP contribution in [-0.2, 0) is 4.79 Å². The molecule has 1 amide bonds. The van der Waals surface area contributed by atoms with Crippen molar-refractivity contribution in [2.45, 2.75) is 31.6 Å². The van der Waals surface area contributed by atoms with E-state index in [4.69, 9.17) is 14.5 Å². The van der Waals surface area contributed by atoms with Crippen LogP contribution >= 0.6 is 23.1 Å². The molecular weight excluding hydrogens is 456 g/mol. The lowest BCUT2D eigenvalue weighted by atomic mass is 10.3. The number of aromatic nitrogens is 3. The Labute approximate surface area is 201 Å². The molecule has 0 spiro atoms. The fourth-order valence-electron chi connectivity index (χ4n) is 3.31. The standard InChI is InChI=1S/C24H26N4O3S2/c1-4-31-19-7-5-8-20-23(19)26-24(33-20)28-21(15-16(2)27-28)25-22(29)9-6-14-32-18-12-10-17(30-3)11-13-18/h5,7-8,10-13,15H,4,6,9,14H2,1-3H3,(H,25,29). The molecule has 0 saturated heterocycles. The summed E-state index contributed by atoms with van der Waals surface area (Å²) in [6.45, 7) is 4.42. The molecule has 0 aliphatic carbocycles. The summed E-state index contributed by atoms with van der Waals surface area (Å²) >= 11 is 3.24. The largest absolute Gasteiger partial charge is 0.497 e. The minimum absolute atomic E-state index is 0.0393. The number of nitrogens with one attached hydrogen (secondary N) is 1. The van der Waals surface area contributed by atoms with E-state index in [0.29, 0.717) is 24.0 Å². The number of ether oxygens (including phenoxy) is 2. The van der Waals surface area contributed by atoms with Crippen molar-refractivity contribution < 1.29 is 14.3 Å². The Morgan fingerprint density at radius 3 is 2.79 bits per heavy atom. The zero-order valence-electron chi connectivity index (χ0n) is 18.8. The number of nitrogens with zero attached hydrogens (tertiary/aromatic N) is 3. The zero-order valence-corrected chi connectivity index (χ0v) is 20.5. The molecule has 172 valence electrons. The van der Waals surface area contributed by atoms with E-state index in [-0.39, 0.29) is 5.91 Å². The van der Waals surface area contributed by atoms with Crippen LogP contribution in [0.2, 0.25) is 0 Å². The summed E-state index contributed by atoms with van der Waals surface area (Å²) < 4.78 is 13.6. The first-order chi connectivity index (χ1) is 16.1. The molecule has 7 nitrogen and oxygen atoms in total. The number of para-hydroxylation sites is 1. The highest BCUT2D eigenvalue weighted by molar-refractivity contribution is 7.99. The number of methoxy groups -OCH3 is 1. The Morgan fingerprint density at radius 1 is 1.21 bits per heavy atom. The van der Waals surface area contributed by atoms with Crippen molar-refractivity contribution in [1.29, 1.82) is 0 Å². The molecule has 4 rings (SSSR count). The SMILES string of the molecule is CCOc1cccc2sc(-n3nc(C)cc3NC(=O)CCCSc3ccc(OC)cc3)nc12. The summed E-state index contributed by atoms with van der Waals surface area (Å²) in [5.41, 5.74) is 1.62. The molecule has 0 aliphatic rings. The minimum atomic E-state index is -0.0393. The lowest BCUT2D eigenvalue weighted by Crippen LogP contribution is -2.14. The average Bonchev–Trinajstić information content (AvgIpc) is 3.41. The molecule has 2 aromatic carbocycles. The fourth-order valence-corrected chi connectivity index (χ4v) is 5.11. The van der Waals surface area contributed by atoms with Gasteiger partial charge in [-0.2, -0.15) is 9.78 Å². The Balaban J connectivity index is 1.38. The quantitative estimate of drug-likeness (QED) is 0.230. The number of carbonyl (C=O) groups excluding carboxylic acids is 1. The van der Waals surface area contributed by atoms with Crippen LogP contribution in [0.4, 0.5) is 5.82 Å². The molecular formula is C24H26N4O3S2. The Morgan fingerprint density at radius 2 is 2.03 bits per heavy atom. The molecule has 0 atom stereocenters. The second-order valence-corrected chi connectivity index (χ2v) is 9.47. The monoisotopic (exact) mass is 482 g/mol. The first-order valence-electron chi connectivity index (χ1n) is 10.7. The van der Waals surface area contributed by atoms with E-state index in [9.17, 15) is 4.79 Å².